The molecule has 2 aromatic carbocycles. The molecule has 3 rings (SSSR count). The number of rotatable bonds is 5. The highest BCUT2D eigenvalue weighted by atomic mass is 16.6. The first-order valence-corrected chi connectivity index (χ1v) is 8.09. The van der Waals surface area contributed by atoms with Crippen molar-refractivity contribution < 1.29 is 23.8 Å². The third kappa shape index (κ3) is 4.16. The molecular formula is C20H17NO5. The Balaban J connectivity index is 1.83. The summed E-state index contributed by atoms with van der Waals surface area (Å²) in [4.78, 5) is 27.4. The number of hydrogen-bond acceptors (Lipinski definition) is 6. The Hall–Kier alpha value is -3.41. The van der Waals surface area contributed by atoms with Crippen LogP contribution in [-0.2, 0) is 14.3 Å². The second-order valence-corrected chi connectivity index (χ2v) is 5.46. The van der Waals surface area contributed by atoms with Crippen molar-refractivity contribution in [2.45, 2.75) is 13.8 Å². The maximum Gasteiger partial charge on any atom is 0.363 e. The van der Waals surface area contributed by atoms with Crippen LogP contribution in [0.3, 0.4) is 0 Å². The Morgan fingerprint density at radius 1 is 1.15 bits per heavy atom. The van der Waals surface area contributed by atoms with Gasteiger partial charge in [0.25, 0.3) is 0 Å². The lowest BCUT2D eigenvalue weighted by Crippen LogP contribution is -2.05. The van der Waals surface area contributed by atoms with Crippen molar-refractivity contribution in [2.24, 2.45) is 4.99 Å². The highest BCUT2D eigenvalue weighted by Gasteiger charge is 2.24. The molecule has 0 bridgehead atoms. The molecule has 0 unspecified atom stereocenters. The Labute approximate surface area is 150 Å². The number of esters is 2. The molecule has 1 heterocycles. The Bertz CT molecular complexity index is 897. The van der Waals surface area contributed by atoms with Crippen molar-refractivity contribution in [3.05, 3.63) is 65.4 Å². The van der Waals surface area contributed by atoms with Gasteiger partial charge in [-0.3, -0.25) is 4.79 Å². The maximum atomic E-state index is 12.1. The van der Waals surface area contributed by atoms with Crippen molar-refractivity contribution in [2.75, 3.05) is 6.61 Å². The fraction of sp³-hybridized carbons (Fsp3) is 0.150. The smallest absolute Gasteiger partial charge is 0.363 e. The predicted octanol–water partition coefficient (Wildman–Crippen LogP) is 3.36. The lowest BCUT2D eigenvalue weighted by molar-refractivity contribution is -0.132. The molecule has 0 spiro atoms. The Morgan fingerprint density at radius 2 is 1.92 bits per heavy atom. The average Bonchev–Trinajstić information content (AvgIpc) is 2.96. The minimum atomic E-state index is -0.535. The summed E-state index contributed by atoms with van der Waals surface area (Å²) < 4.78 is 15.7. The van der Waals surface area contributed by atoms with E-state index in [1.54, 1.807) is 54.6 Å². The first-order valence-electron chi connectivity index (χ1n) is 8.09. The van der Waals surface area contributed by atoms with Crippen LogP contribution in [0.25, 0.3) is 6.08 Å². The second kappa shape index (κ2) is 7.65. The number of hydrogen-bond donors (Lipinski definition) is 0. The molecule has 0 atom stereocenters. The van der Waals surface area contributed by atoms with E-state index in [4.69, 9.17) is 14.2 Å². The fourth-order valence-corrected chi connectivity index (χ4v) is 2.38. The first-order chi connectivity index (χ1) is 12.5. The quantitative estimate of drug-likeness (QED) is 0.469. The topological polar surface area (TPSA) is 74.2 Å². The van der Waals surface area contributed by atoms with Crippen LogP contribution in [0.15, 0.2) is 59.2 Å². The molecule has 6 heteroatoms. The molecule has 0 saturated heterocycles. The van der Waals surface area contributed by atoms with Gasteiger partial charge in [-0.15, -0.1) is 0 Å². The molecule has 2 aromatic rings. The zero-order valence-corrected chi connectivity index (χ0v) is 14.4. The molecule has 0 aliphatic carbocycles. The van der Waals surface area contributed by atoms with Crippen molar-refractivity contribution in [1.82, 2.24) is 0 Å². The van der Waals surface area contributed by atoms with Crippen LogP contribution >= 0.6 is 0 Å². The summed E-state index contributed by atoms with van der Waals surface area (Å²) >= 11 is 0. The minimum absolute atomic E-state index is 0.175. The van der Waals surface area contributed by atoms with E-state index >= 15 is 0 Å². The number of aliphatic imine (C=N–C) groups is 1. The van der Waals surface area contributed by atoms with Crippen molar-refractivity contribution in [3.63, 3.8) is 0 Å². The zero-order chi connectivity index (χ0) is 18.5. The van der Waals surface area contributed by atoms with Crippen LogP contribution in [0.4, 0.5) is 0 Å². The third-order valence-corrected chi connectivity index (χ3v) is 3.46. The molecule has 0 radical (unpaired) electrons. The summed E-state index contributed by atoms with van der Waals surface area (Å²) in [7, 11) is 0. The van der Waals surface area contributed by atoms with E-state index in [1.165, 1.54) is 6.92 Å². The summed E-state index contributed by atoms with van der Waals surface area (Å²) in [6, 6.07) is 13.9. The number of carbonyl (C=O) groups is 2. The molecule has 0 amide bonds. The maximum absolute atomic E-state index is 12.1. The summed E-state index contributed by atoms with van der Waals surface area (Å²) in [5.41, 5.74) is 1.53. The number of carbonyl (C=O) groups excluding carboxylic acids is 2. The highest BCUT2D eigenvalue weighted by Crippen LogP contribution is 2.22. The number of cyclic esters (lactones) is 1. The standard InChI is InChI=1S/C20H17NO5/c1-3-24-16-9-7-15(8-10-16)19-21-18(20(23)26-19)12-14-5-4-6-17(11-14)25-13(2)22/h4-12H,3H2,1-2H3/b18-12-. The minimum Gasteiger partial charge on any atom is -0.494 e. The third-order valence-electron chi connectivity index (χ3n) is 3.46. The van der Waals surface area contributed by atoms with Crippen molar-refractivity contribution in [1.29, 1.82) is 0 Å². The molecular weight excluding hydrogens is 334 g/mol. The molecule has 1 aliphatic rings. The van der Waals surface area contributed by atoms with E-state index in [9.17, 15) is 9.59 Å². The van der Waals surface area contributed by atoms with Gasteiger partial charge in [0.1, 0.15) is 11.5 Å². The molecule has 0 saturated carbocycles. The van der Waals surface area contributed by atoms with Crippen molar-refractivity contribution >= 4 is 23.9 Å². The van der Waals surface area contributed by atoms with Gasteiger partial charge in [-0.2, -0.15) is 0 Å². The van der Waals surface area contributed by atoms with Gasteiger partial charge < -0.3 is 14.2 Å². The molecule has 0 fully saturated rings. The zero-order valence-electron chi connectivity index (χ0n) is 14.4. The van der Waals surface area contributed by atoms with Gasteiger partial charge >= 0.3 is 11.9 Å². The van der Waals surface area contributed by atoms with Gasteiger partial charge in [0, 0.05) is 12.5 Å². The van der Waals surface area contributed by atoms with Crippen LogP contribution in [0.1, 0.15) is 25.0 Å². The number of nitrogens with zero attached hydrogens (tertiary/aromatic N) is 1. The van der Waals surface area contributed by atoms with Gasteiger partial charge in [0.05, 0.1) is 6.61 Å². The van der Waals surface area contributed by atoms with Crippen LogP contribution in [0, 0.1) is 0 Å². The Kier molecular flexibility index (Phi) is 5.12. The monoisotopic (exact) mass is 351 g/mol. The highest BCUT2D eigenvalue weighted by molar-refractivity contribution is 6.12. The van der Waals surface area contributed by atoms with Gasteiger partial charge in [-0.1, -0.05) is 12.1 Å². The van der Waals surface area contributed by atoms with Crippen LogP contribution in [0.5, 0.6) is 11.5 Å². The number of benzene rings is 2. The van der Waals surface area contributed by atoms with E-state index < -0.39 is 11.9 Å². The Morgan fingerprint density at radius 3 is 2.62 bits per heavy atom. The van der Waals surface area contributed by atoms with Gasteiger partial charge in [-0.05, 0) is 55.0 Å². The summed E-state index contributed by atoms with van der Waals surface area (Å²) in [6.07, 6.45) is 1.58. The molecule has 1 aliphatic heterocycles. The van der Waals surface area contributed by atoms with E-state index in [0.29, 0.717) is 23.5 Å². The van der Waals surface area contributed by atoms with E-state index in [2.05, 4.69) is 4.99 Å². The molecule has 132 valence electrons. The molecule has 6 nitrogen and oxygen atoms in total. The molecule has 26 heavy (non-hydrogen) atoms. The lowest BCUT2D eigenvalue weighted by Gasteiger charge is -2.03. The largest absolute Gasteiger partial charge is 0.494 e. The molecule has 0 N–H and O–H groups in total. The average molecular weight is 351 g/mol. The van der Waals surface area contributed by atoms with E-state index in [-0.39, 0.29) is 11.6 Å². The SMILES string of the molecule is CCOc1ccc(C2=N/C(=C\c3cccc(OC(C)=O)c3)C(=O)O2)cc1. The van der Waals surface area contributed by atoms with Crippen LogP contribution in [0.2, 0.25) is 0 Å². The normalized spacial score (nSPS) is 14.8. The fourth-order valence-electron chi connectivity index (χ4n) is 2.38. The van der Waals surface area contributed by atoms with Gasteiger partial charge in [0.15, 0.2) is 5.70 Å². The predicted molar refractivity (Wildman–Crippen MR) is 96.0 cm³/mol. The van der Waals surface area contributed by atoms with E-state index in [0.717, 1.165) is 5.75 Å². The van der Waals surface area contributed by atoms with Crippen LogP contribution in [-0.4, -0.2) is 24.4 Å². The summed E-state index contributed by atoms with van der Waals surface area (Å²) in [5, 5.41) is 0. The summed E-state index contributed by atoms with van der Waals surface area (Å²) in [6.45, 7) is 3.81. The number of ether oxygens (including phenoxy) is 3. The molecule has 0 aromatic heterocycles. The van der Waals surface area contributed by atoms with Crippen LogP contribution < -0.4 is 9.47 Å². The summed E-state index contributed by atoms with van der Waals surface area (Å²) in [5.74, 6) is 0.422. The van der Waals surface area contributed by atoms with Gasteiger partial charge in [-0.25, -0.2) is 9.79 Å². The van der Waals surface area contributed by atoms with E-state index in [1.807, 2.05) is 6.92 Å². The van der Waals surface area contributed by atoms with Crippen molar-refractivity contribution in [3.8, 4) is 11.5 Å². The lowest BCUT2D eigenvalue weighted by atomic mass is 10.2. The van der Waals surface area contributed by atoms with Gasteiger partial charge in [0.2, 0.25) is 5.90 Å². The second-order valence-electron chi connectivity index (χ2n) is 5.46. The first kappa shape index (κ1) is 17.4.